The lowest BCUT2D eigenvalue weighted by Crippen LogP contribution is -2.46. The highest BCUT2D eigenvalue weighted by atomic mass is 79.9. The molecule has 0 heterocycles. The Morgan fingerprint density at radius 1 is 1.33 bits per heavy atom. The lowest BCUT2D eigenvalue weighted by Gasteiger charge is -2.20. The molecular formula is C13H15BrCl2N2O3. The molecule has 0 aliphatic carbocycles. The minimum absolute atomic E-state index is 0.177. The second-order valence-electron chi connectivity index (χ2n) is 4.52. The molecule has 1 aromatic carbocycles. The van der Waals surface area contributed by atoms with Crippen molar-refractivity contribution in [2.75, 3.05) is 5.32 Å². The lowest BCUT2D eigenvalue weighted by molar-refractivity contribution is -0.140. The third-order valence-corrected chi connectivity index (χ3v) is 4.82. The number of urea groups is 1. The summed E-state index contributed by atoms with van der Waals surface area (Å²) in [5, 5.41) is 14.5. The number of rotatable bonds is 5. The molecule has 1 unspecified atom stereocenters. The number of hydrogen-bond acceptors (Lipinski definition) is 2. The van der Waals surface area contributed by atoms with Gasteiger partial charge in [-0.2, -0.15) is 0 Å². The quantitative estimate of drug-likeness (QED) is 0.645. The van der Waals surface area contributed by atoms with E-state index in [1.165, 1.54) is 0 Å². The van der Waals surface area contributed by atoms with Crippen molar-refractivity contribution < 1.29 is 14.7 Å². The number of amides is 2. The van der Waals surface area contributed by atoms with Crippen molar-refractivity contribution in [3.8, 4) is 0 Å². The maximum Gasteiger partial charge on any atom is 0.326 e. The number of benzene rings is 1. The lowest BCUT2D eigenvalue weighted by atomic mass is 9.99. The van der Waals surface area contributed by atoms with Gasteiger partial charge in [0, 0.05) is 4.47 Å². The number of carbonyl (C=O) groups excluding carboxylic acids is 1. The monoisotopic (exact) mass is 396 g/mol. The highest BCUT2D eigenvalue weighted by Crippen LogP contribution is 2.35. The van der Waals surface area contributed by atoms with Crippen LogP contribution >= 0.6 is 39.1 Å². The Kier molecular flexibility index (Phi) is 6.77. The van der Waals surface area contributed by atoms with Crippen LogP contribution in [0.3, 0.4) is 0 Å². The minimum atomic E-state index is -1.08. The van der Waals surface area contributed by atoms with Gasteiger partial charge in [-0.05, 0) is 34.0 Å². The van der Waals surface area contributed by atoms with E-state index in [1.54, 1.807) is 19.1 Å². The van der Waals surface area contributed by atoms with Gasteiger partial charge in [0.05, 0.1) is 15.7 Å². The molecule has 0 fully saturated rings. The van der Waals surface area contributed by atoms with Crippen LogP contribution in [0.4, 0.5) is 10.5 Å². The molecule has 116 valence electrons. The molecule has 0 saturated heterocycles. The van der Waals surface area contributed by atoms with Crippen molar-refractivity contribution in [2.45, 2.75) is 26.3 Å². The first-order valence-corrected chi connectivity index (χ1v) is 7.76. The highest BCUT2D eigenvalue weighted by molar-refractivity contribution is 9.10. The second-order valence-corrected chi connectivity index (χ2v) is 6.13. The van der Waals surface area contributed by atoms with Crippen LogP contribution in [0.25, 0.3) is 0 Å². The van der Waals surface area contributed by atoms with Gasteiger partial charge in [-0.15, -0.1) is 0 Å². The SMILES string of the molecule is CCC(C)[C@H](NC(=O)Nc1ccc(Br)c(Cl)c1Cl)C(=O)O. The average Bonchev–Trinajstić information content (AvgIpc) is 2.44. The van der Waals surface area contributed by atoms with Crippen LogP contribution in [-0.4, -0.2) is 23.1 Å². The molecule has 0 spiro atoms. The zero-order valence-electron chi connectivity index (χ0n) is 11.4. The van der Waals surface area contributed by atoms with Crippen LogP contribution in [0.15, 0.2) is 16.6 Å². The molecule has 1 rings (SSSR count). The maximum absolute atomic E-state index is 11.9. The van der Waals surface area contributed by atoms with E-state index in [2.05, 4.69) is 26.6 Å². The van der Waals surface area contributed by atoms with E-state index in [1.807, 2.05) is 6.92 Å². The van der Waals surface area contributed by atoms with E-state index < -0.39 is 18.0 Å². The van der Waals surface area contributed by atoms with E-state index in [0.29, 0.717) is 16.6 Å². The minimum Gasteiger partial charge on any atom is -0.480 e. The summed E-state index contributed by atoms with van der Waals surface area (Å²) in [6, 6.07) is 1.58. The summed E-state index contributed by atoms with van der Waals surface area (Å²) in [5.74, 6) is -1.28. The fourth-order valence-electron chi connectivity index (χ4n) is 1.61. The molecule has 5 nitrogen and oxygen atoms in total. The van der Waals surface area contributed by atoms with Crippen LogP contribution in [0.2, 0.25) is 10.0 Å². The number of carbonyl (C=O) groups is 2. The zero-order chi connectivity index (χ0) is 16.2. The Morgan fingerprint density at radius 2 is 1.95 bits per heavy atom. The molecule has 2 amide bonds. The zero-order valence-corrected chi connectivity index (χ0v) is 14.5. The number of hydrogen-bond donors (Lipinski definition) is 3. The Bertz CT molecular complexity index is 554. The predicted molar refractivity (Wildman–Crippen MR) is 87.2 cm³/mol. The summed E-state index contributed by atoms with van der Waals surface area (Å²) in [6.45, 7) is 3.61. The van der Waals surface area contributed by atoms with Crippen molar-refractivity contribution in [1.29, 1.82) is 0 Å². The van der Waals surface area contributed by atoms with E-state index in [-0.39, 0.29) is 16.0 Å². The molecule has 0 saturated carbocycles. The molecular weight excluding hydrogens is 383 g/mol. The number of aliphatic carboxylic acids is 1. The topological polar surface area (TPSA) is 78.4 Å². The second kappa shape index (κ2) is 7.87. The van der Waals surface area contributed by atoms with Crippen molar-refractivity contribution in [3.63, 3.8) is 0 Å². The van der Waals surface area contributed by atoms with Gasteiger partial charge in [-0.1, -0.05) is 43.5 Å². The molecule has 0 aliphatic rings. The fraction of sp³-hybridized carbons (Fsp3) is 0.385. The predicted octanol–water partition coefficient (Wildman–Crippen LogP) is 4.38. The van der Waals surface area contributed by atoms with Crippen molar-refractivity contribution in [2.24, 2.45) is 5.92 Å². The first-order chi connectivity index (χ1) is 9.77. The van der Waals surface area contributed by atoms with Crippen LogP contribution in [0.5, 0.6) is 0 Å². The van der Waals surface area contributed by atoms with Crippen molar-refractivity contribution in [1.82, 2.24) is 5.32 Å². The van der Waals surface area contributed by atoms with Crippen LogP contribution in [0.1, 0.15) is 20.3 Å². The van der Waals surface area contributed by atoms with Crippen LogP contribution < -0.4 is 10.6 Å². The smallest absolute Gasteiger partial charge is 0.326 e. The first-order valence-electron chi connectivity index (χ1n) is 6.21. The molecule has 2 atom stereocenters. The van der Waals surface area contributed by atoms with Crippen LogP contribution in [0, 0.1) is 5.92 Å². The number of anilines is 1. The molecule has 8 heteroatoms. The first kappa shape index (κ1) is 18.1. The Balaban J connectivity index is 2.82. The summed E-state index contributed by atoms with van der Waals surface area (Å²) >= 11 is 15.2. The molecule has 0 aromatic heterocycles. The number of halogens is 3. The normalized spacial score (nSPS) is 13.4. The van der Waals surface area contributed by atoms with E-state index in [4.69, 9.17) is 28.3 Å². The summed E-state index contributed by atoms with van der Waals surface area (Å²) in [6.07, 6.45) is 0.627. The molecule has 1 aromatic rings. The Morgan fingerprint density at radius 3 is 2.48 bits per heavy atom. The number of carboxylic acids is 1. The molecule has 0 bridgehead atoms. The van der Waals surface area contributed by atoms with Crippen molar-refractivity contribution in [3.05, 3.63) is 26.7 Å². The Labute approximate surface area is 141 Å². The van der Waals surface area contributed by atoms with Gasteiger partial charge in [-0.3, -0.25) is 0 Å². The standard InChI is InChI=1S/C13H15BrCl2N2O3/c1-3-6(2)11(12(19)20)18-13(21)17-8-5-4-7(14)9(15)10(8)16/h4-6,11H,3H2,1-2H3,(H,19,20)(H2,17,18,21)/t6?,11-/m0/s1. The van der Waals surface area contributed by atoms with Crippen molar-refractivity contribution >= 4 is 56.8 Å². The van der Waals surface area contributed by atoms with E-state index >= 15 is 0 Å². The summed E-state index contributed by atoms with van der Waals surface area (Å²) < 4.78 is 0.600. The summed E-state index contributed by atoms with van der Waals surface area (Å²) in [7, 11) is 0. The molecule has 21 heavy (non-hydrogen) atoms. The molecule has 3 N–H and O–H groups in total. The maximum atomic E-state index is 11.9. The van der Waals surface area contributed by atoms with E-state index in [9.17, 15) is 9.59 Å². The van der Waals surface area contributed by atoms with E-state index in [0.717, 1.165) is 0 Å². The highest BCUT2D eigenvalue weighted by Gasteiger charge is 2.25. The van der Waals surface area contributed by atoms with Gasteiger partial charge < -0.3 is 15.7 Å². The number of carboxylic acid groups (broad SMARTS) is 1. The van der Waals surface area contributed by atoms with Gasteiger partial charge in [0.15, 0.2) is 0 Å². The van der Waals surface area contributed by atoms with Gasteiger partial charge in [-0.25, -0.2) is 9.59 Å². The summed E-state index contributed by atoms with van der Waals surface area (Å²) in [4.78, 5) is 23.1. The number of nitrogens with one attached hydrogen (secondary N) is 2. The third kappa shape index (κ3) is 4.76. The largest absolute Gasteiger partial charge is 0.480 e. The molecule has 0 radical (unpaired) electrons. The van der Waals surface area contributed by atoms with Crippen LogP contribution in [-0.2, 0) is 4.79 Å². The van der Waals surface area contributed by atoms with Gasteiger partial charge in [0.1, 0.15) is 6.04 Å². The van der Waals surface area contributed by atoms with Gasteiger partial charge in [0.25, 0.3) is 0 Å². The fourth-order valence-corrected chi connectivity index (χ4v) is 2.43. The van der Waals surface area contributed by atoms with Gasteiger partial charge >= 0.3 is 12.0 Å². The van der Waals surface area contributed by atoms with Gasteiger partial charge in [0.2, 0.25) is 0 Å². The Hall–Kier alpha value is -0.980. The average molecular weight is 398 g/mol. The summed E-state index contributed by atoms with van der Waals surface area (Å²) in [5.41, 5.74) is 0.302. The molecule has 0 aliphatic heterocycles. The third-order valence-electron chi connectivity index (χ3n) is 3.05.